The van der Waals surface area contributed by atoms with Gasteiger partial charge in [0.05, 0.1) is 5.69 Å². The molecule has 2 aromatic heterocycles. The third kappa shape index (κ3) is 28.6. The van der Waals surface area contributed by atoms with Gasteiger partial charge in [-0.25, -0.2) is 4.98 Å². The Kier molecular flexibility index (Phi) is 36.1. The molecule has 14 aromatic carbocycles. The van der Waals surface area contributed by atoms with Crippen molar-refractivity contribution in [1.29, 1.82) is 0 Å². The van der Waals surface area contributed by atoms with E-state index in [1.54, 1.807) is 24.4 Å². The van der Waals surface area contributed by atoms with E-state index in [1.807, 2.05) is 42.6 Å². The van der Waals surface area contributed by atoms with E-state index >= 15 is 0 Å². The standard InChI is InChI=1S/4C18H15P.C15H18N2.C9H12ClN.C6H8BNO2.Pd/c4*1-4-10-16(11-5-1)19(17-12-6-2-7-13-17)18-14-8-3-9-15-18;1-15(2,3)12-7-8-17-14(10-12)11-5-4-6-13(16)9-11;1-9(2,3)7-4-5-11-8(10)6-7;8-6-3-1-2-5(4-6)7(9)10;/h4*1-15H;4-10H,16H2,1-3H3;4-6H,1-3H3;1-4,9-10H,8H2;. The Morgan fingerprint density at radius 3 is 0.670 bits per heavy atom. The number of nitrogens with zero attached hydrogens (tertiary/aromatic N) is 2. The minimum atomic E-state index is -1.43. The largest absolute Gasteiger partial charge is 0.488 e. The van der Waals surface area contributed by atoms with Crippen molar-refractivity contribution >= 4 is 131 Å². The first kappa shape index (κ1) is 88.6. The molecule has 0 fully saturated rings. The van der Waals surface area contributed by atoms with E-state index in [4.69, 9.17) is 33.1 Å². The fourth-order valence-electron chi connectivity index (χ4n) is 12.1. The smallest absolute Gasteiger partial charge is 0.423 e. The molecule has 0 radical (unpaired) electrons. The van der Waals surface area contributed by atoms with E-state index in [1.165, 1.54) is 80.8 Å². The van der Waals surface area contributed by atoms with Crippen LogP contribution < -0.4 is 80.6 Å². The first-order valence-electron chi connectivity index (χ1n) is 37.9. The van der Waals surface area contributed by atoms with Gasteiger partial charge in [0.15, 0.2) is 0 Å². The zero-order chi connectivity index (χ0) is 80.2. The average molecular weight is 1690 g/mol. The number of pyridine rings is 2. The number of anilines is 2. The molecule has 13 heteroatoms. The quantitative estimate of drug-likeness (QED) is 0.0373. The molecule has 578 valence electrons. The van der Waals surface area contributed by atoms with Crippen LogP contribution >= 0.6 is 43.3 Å². The summed E-state index contributed by atoms with van der Waals surface area (Å²) in [6, 6.07) is 152. The van der Waals surface area contributed by atoms with Crippen LogP contribution in [0.1, 0.15) is 52.7 Å². The zero-order valence-corrected chi connectivity index (χ0v) is 71.6. The predicted octanol–water partition coefficient (Wildman–Crippen LogP) is 19.4. The second kappa shape index (κ2) is 46.9. The van der Waals surface area contributed by atoms with E-state index in [0.717, 1.165) is 16.9 Å². The number of nitrogen functional groups attached to an aromatic ring is 2. The Balaban J connectivity index is 0.000000155. The molecule has 0 aliphatic carbocycles. The van der Waals surface area contributed by atoms with E-state index in [-0.39, 0.29) is 31.3 Å². The first-order valence-corrected chi connectivity index (χ1v) is 43.7. The molecule has 0 spiro atoms. The molecule has 6 nitrogen and oxygen atoms in total. The van der Waals surface area contributed by atoms with Crippen LogP contribution in [0.3, 0.4) is 0 Å². The number of aromatic nitrogens is 2. The van der Waals surface area contributed by atoms with Gasteiger partial charge in [0.25, 0.3) is 0 Å². The second-order valence-electron chi connectivity index (χ2n) is 28.3. The maximum Gasteiger partial charge on any atom is 0.488 e. The van der Waals surface area contributed by atoms with Crippen molar-refractivity contribution in [2.24, 2.45) is 0 Å². The average Bonchev–Trinajstić information content (AvgIpc) is 0.835. The molecule has 16 aromatic rings. The molecule has 0 aliphatic rings. The van der Waals surface area contributed by atoms with Crippen molar-refractivity contribution in [2.75, 3.05) is 11.5 Å². The zero-order valence-electron chi connectivity index (χ0n) is 65.7. The van der Waals surface area contributed by atoms with Crippen molar-refractivity contribution in [3.05, 3.63) is 465 Å². The van der Waals surface area contributed by atoms with Gasteiger partial charge < -0.3 is 21.5 Å². The molecule has 0 unspecified atom stereocenters. The van der Waals surface area contributed by atoms with Crippen LogP contribution in [0.2, 0.25) is 5.15 Å². The van der Waals surface area contributed by atoms with E-state index < -0.39 is 38.8 Å². The predicted molar refractivity (Wildman–Crippen MR) is 502 cm³/mol. The van der Waals surface area contributed by atoms with E-state index in [9.17, 15) is 0 Å². The van der Waals surface area contributed by atoms with Crippen molar-refractivity contribution in [2.45, 2.75) is 52.4 Å². The minimum absolute atomic E-state index is 0. The molecule has 0 bridgehead atoms. The second-order valence-corrected chi connectivity index (χ2v) is 37.6. The Bertz CT molecular complexity index is 4510. The fourth-order valence-corrected chi connectivity index (χ4v) is 21.5. The summed E-state index contributed by atoms with van der Waals surface area (Å²) >= 11 is 5.74. The summed E-state index contributed by atoms with van der Waals surface area (Å²) < 4.78 is 0. The Morgan fingerprint density at radius 1 is 0.261 bits per heavy atom. The van der Waals surface area contributed by atoms with Crippen LogP contribution in [0.15, 0.2) is 449 Å². The Morgan fingerprint density at radius 2 is 0.478 bits per heavy atom. The van der Waals surface area contributed by atoms with Crippen molar-refractivity contribution in [3.8, 4) is 11.3 Å². The molecular weight excluding hydrogens is 1590 g/mol. The molecule has 0 amide bonds. The summed E-state index contributed by atoms with van der Waals surface area (Å²) in [7, 11) is -3.21. The molecule has 0 saturated heterocycles. The fraction of sp³-hybridized carbons (Fsp3) is 0.0784. The van der Waals surface area contributed by atoms with Gasteiger partial charge >= 0.3 is 7.12 Å². The number of benzene rings is 14. The van der Waals surface area contributed by atoms with Crippen LogP contribution in [0.5, 0.6) is 0 Å². The number of halogens is 1. The molecule has 115 heavy (non-hydrogen) atoms. The Hall–Kier alpha value is -10.4. The summed E-state index contributed by atoms with van der Waals surface area (Å²) in [6.07, 6.45) is 3.60. The molecule has 2 heterocycles. The van der Waals surface area contributed by atoms with E-state index in [0.29, 0.717) is 16.3 Å². The van der Waals surface area contributed by atoms with Gasteiger partial charge in [0, 0.05) is 49.8 Å². The van der Waals surface area contributed by atoms with Crippen molar-refractivity contribution < 1.29 is 30.5 Å². The first-order chi connectivity index (χ1) is 55.5. The third-order valence-electron chi connectivity index (χ3n) is 17.8. The molecule has 0 atom stereocenters. The summed E-state index contributed by atoms with van der Waals surface area (Å²) in [5, 5.41) is 34.6. The number of hydrogen-bond donors (Lipinski definition) is 4. The van der Waals surface area contributed by atoms with Crippen LogP contribution in [-0.4, -0.2) is 27.1 Å². The number of nitrogens with two attached hydrogens (primary N) is 2. The van der Waals surface area contributed by atoms with Gasteiger partial charge in [0.1, 0.15) is 5.15 Å². The molecule has 0 saturated carbocycles. The molecule has 16 rings (SSSR count). The van der Waals surface area contributed by atoms with Crippen LogP contribution in [-0.2, 0) is 31.3 Å². The summed E-state index contributed by atoms with van der Waals surface area (Å²) in [5.41, 5.74) is 17.7. The molecule has 6 N–H and O–H groups in total. The summed E-state index contributed by atoms with van der Waals surface area (Å²) in [5.74, 6) is 0. The number of rotatable bonds is 14. The summed E-state index contributed by atoms with van der Waals surface area (Å²) in [4.78, 5) is 8.33. The van der Waals surface area contributed by atoms with Gasteiger partial charge in [-0.1, -0.05) is 441 Å². The maximum absolute atomic E-state index is 8.65. The maximum atomic E-state index is 8.65. The molecule has 0 aliphatic heterocycles. The van der Waals surface area contributed by atoms with Gasteiger partial charge in [-0.05, 0) is 171 Å². The van der Waals surface area contributed by atoms with Gasteiger partial charge in [-0.3, -0.25) is 4.98 Å². The minimum Gasteiger partial charge on any atom is -0.423 e. The normalized spacial score (nSPS) is 10.6. The SMILES string of the molecule is CC(C)(C)c1ccnc(-c2cccc(N)c2)c1.CC(C)(C)c1ccnc(Cl)c1.Nc1cccc(B(O)O)c1.[Pd].c1ccc(P(c2ccccc2)c2ccccc2)cc1.c1ccc(P(c2ccccc2)c2ccccc2)cc1.c1ccc(P(c2ccccc2)c2ccccc2)cc1.c1ccc(P(c2ccccc2)c2ccccc2)cc1. The van der Waals surface area contributed by atoms with Crippen LogP contribution in [0.25, 0.3) is 11.3 Å². The van der Waals surface area contributed by atoms with Gasteiger partial charge in [0.2, 0.25) is 0 Å². The topological polar surface area (TPSA) is 118 Å². The van der Waals surface area contributed by atoms with Crippen LogP contribution in [0.4, 0.5) is 11.4 Å². The van der Waals surface area contributed by atoms with Gasteiger partial charge in [-0.15, -0.1) is 0 Å². The number of hydrogen-bond acceptors (Lipinski definition) is 6. The van der Waals surface area contributed by atoms with Gasteiger partial charge in [-0.2, -0.15) is 0 Å². The summed E-state index contributed by atoms with van der Waals surface area (Å²) in [6.45, 7) is 13.1. The monoisotopic (exact) mass is 1690 g/mol. The van der Waals surface area contributed by atoms with E-state index in [2.05, 4.69) is 428 Å². The van der Waals surface area contributed by atoms with Crippen molar-refractivity contribution in [1.82, 2.24) is 9.97 Å². The van der Waals surface area contributed by atoms with Crippen LogP contribution in [0, 0.1) is 0 Å². The third-order valence-corrected chi connectivity index (χ3v) is 27.8. The Labute approximate surface area is 706 Å². The van der Waals surface area contributed by atoms with Crippen molar-refractivity contribution in [3.63, 3.8) is 0 Å². The molecular formula is C102H98BClN4O2P4Pd.